The highest BCUT2D eigenvalue weighted by Crippen LogP contribution is 2.29. The van der Waals surface area contributed by atoms with Crippen molar-refractivity contribution < 1.29 is 9.18 Å². The van der Waals surface area contributed by atoms with Gasteiger partial charge in [-0.1, -0.05) is 24.8 Å². The summed E-state index contributed by atoms with van der Waals surface area (Å²) in [7, 11) is 0. The van der Waals surface area contributed by atoms with Crippen LogP contribution >= 0.6 is 11.6 Å². The molecule has 2 aromatic rings. The quantitative estimate of drug-likeness (QED) is 0.646. The maximum Gasteiger partial charge on any atom is 0.253 e. The fourth-order valence-corrected chi connectivity index (χ4v) is 3.08. The van der Waals surface area contributed by atoms with Crippen LogP contribution in [0.5, 0.6) is 0 Å². The van der Waals surface area contributed by atoms with E-state index < -0.39 is 6.17 Å². The molecule has 3 atom stereocenters. The van der Waals surface area contributed by atoms with E-state index in [9.17, 15) is 9.18 Å². The number of hydrogen-bond donors (Lipinski definition) is 2. The summed E-state index contributed by atoms with van der Waals surface area (Å²) in [6.07, 6.45) is 1.13. The van der Waals surface area contributed by atoms with E-state index in [1.165, 1.54) is 0 Å². The minimum absolute atomic E-state index is 0.182. The van der Waals surface area contributed by atoms with Gasteiger partial charge in [-0.25, -0.2) is 4.39 Å². The van der Waals surface area contributed by atoms with Crippen LogP contribution in [0.4, 0.5) is 4.39 Å². The number of nitrogens with one attached hydrogen (secondary N) is 2. The number of fused-ring (bicyclic) bond motifs is 1. The topological polar surface area (TPSA) is 44.9 Å². The first-order valence-electron chi connectivity index (χ1n) is 6.89. The van der Waals surface area contributed by atoms with Crippen LogP contribution in [0, 0.1) is 0 Å². The number of halogens is 2. The molecule has 5 heteroatoms. The van der Waals surface area contributed by atoms with Gasteiger partial charge in [0.1, 0.15) is 6.17 Å². The maximum atomic E-state index is 13.7. The predicted octanol–water partition coefficient (Wildman–Crippen LogP) is 3.56. The zero-order valence-corrected chi connectivity index (χ0v) is 12.2. The van der Waals surface area contributed by atoms with Gasteiger partial charge < -0.3 is 10.3 Å². The third-order valence-corrected chi connectivity index (χ3v) is 4.41. The lowest BCUT2D eigenvalue weighted by atomic mass is 9.89. The van der Waals surface area contributed by atoms with Crippen LogP contribution in [0.1, 0.15) is 23.2 Å². The first-order chi connectivity index (χ1) is 10.1. The molecule has 1 aromatic heterocycles. The van der Waals surface area contributed by atoms with E-state index in [1.54, 1.807) is 6.20 Å². The van der Waals surface area contributed by atoms with Crippen LogP contribution in [0.3, 0.4) is 0 Å². The fraction of sp³-hybridized carbons (Fsp3) is 0.312. The highest BCUT2D eigenvalue weighted by atomic mass is 35.5. The molecule has 3 nitrogen and oxygen atoms in total. The van der Waals surface area contributed by atoms with E-state index in [0.717, 1.165) is 10.9 Å². The minimum Gasteiger partial charge on any atom is -0.360 e. The van der Waals surface area contributed by atoms with Crippen molar-refractivity contribution >= 4 is 28.4 Å². The molecule has 2 N–H and O–H groups in total. The third kappa shape index (κ3) is 2.68. The molecule has 21 heavy (non-hydrogen) atoms. The zero-order chi connectivity index (χ0) is 15.0. The second kappa shape index (κ2) is 5.53. The van der Waals surface area contributed by atoms with Crippen LogP contribution in [0.15, 0.2) is 42.6 Å². The number of benzene rings is 1. The number of alkyl halides is 2. The number of aromatic nitrogens is 1. The molecule has 3 unspecified atom stereocenters. The summed E-state index contributed by atoms with van der Waals surface area (Å²) in [5.41, 5.74) is 1.95. The number of para-hydroxylation sites is 1. The van der Waals surface area contributed by atoms with Gasteiger partial charge in [-0.2, -0.15) is 0 Å². The van der Waals surface area contributed by atoms with E-state index >= 15 is 0 Å². The van der Waals surface area contributed by atoms with Gasteiger partial charge in [-0.3, -0.25) is 4.79 Å². The van der Waals surface area contributed by atoms with E-state index in [0.29, 0.717) is 17.6 Å². The summed E-state index contributed by atoms with van der Waals surface area (Å²) >= 11 is 6.22. The summed E-state index contributed by atoms with van der Waals surface area (Å²) in [5.74, 6) is -0.234. The molecule has 0 aliphatic heterocycles. The molecule has 1 aliphatic carbocycles. The molecule has 1 saturated carbocycles. The van der Waals surface area contributed by atoms with Crippen LogP contribution in [-0.2, 0) is 0 Å². The number of allylic oxidation sites excluding steroid dienone is 1. The summed E-state index contributed by atoms with van der Waals surface area (Å²) < 4.78 is 13.7. The molecular formula is C16H16ClFN2O. The van der Waals surface area contributed by atoms with Crippen molar-refractivity contribution in [3.05, 3.63) is 48.2 Å². The Labute approximate surface area is 127 Å². The van der Waals surface area contributed by atoms with Crippen molar-refractivity contribution in [1.82, 2.24) is 10.3 Å². The maximum absolute atomic E-state index is 13.7. The minimum atomic E-state index is -1.10. The summed E-state index contributed by atoms with van der Waals surface area (Å²) in [5, 5.41) is 3.37. The Morgan fingerprint density at radius 2 is 2.19 bits per heavy atom. The van der Waals surface area contributed by atoms with Gasteiger partial charge in [-0.05, 0) is 18.1 Å². The Hall–Kier alpha value is -1.81. The summed E-state index contributed by atoms with van der Waals surface area (Å²) in [4.78, 5) is 15.4. The SMILES string of the molecule is C=C1CC(Cl)C(NC(=O)c2c[nH]c3ccccc23)CC1F. The van der Waals surface area contributed by atoms with Gasteiger partial charge in [0, 0.05) is 29.6 Å². The van der Waals surface area contributed by atoms with E-state index in [4.69, 9.17) is 11.6 Å². The zero-order valence-electron chi connectivity index (χ0n) is 11.4. The Morgan fingerprint density at radius 3 is 3.00 bits per heavy atom. The van der Waals surface area contributed by atoms with Gasteiger partial charge in [0.15, 0.2) is 0 Å². The van der Waals surface area contributed by atoms with Gasteiger partial charge in [-0.15, -0.1) is 11.6 Å². The van der Waals surface area contributed by atoms with Crippen molar-refractivity contribution in [1.29, 1.82) is 0 Å². The molecule has 3 rings (SSSR count). The van der Waals surface area contributed by atoms with Crippen LogP contribution < -0.4 is 5.32 Å². The lowest BCUT2D eigenvalue weighted by Crippen LogP contribution is -2.46. The standard InChI is InChI=1S/C16H16ClFN2O/c1-9-6-12(17)15(7-13(9)18)20-16(21)11-8-19-14-5-3-2-4-10(11)14/h2-5,8,12-13,15,19H,1,6-7H2,(H,20,21). The van der Waals surface area contributed by atoms with Gasteiger partial charge >= 0.3 is 0 Å². The van der Waals surface area contributed by atoms with Gasteiger partial charge in [0.25, 0.3) is 5.91 Å². The number of H-pyrrole nitrogens is 1. The average Bonchev–Trinajstić information content (AvgIpc) is 2.88. The normalized spacial score (nSPS) is 26.0. The van der Waals surface area contributed by atoms with E-state index in [2.05, 4.69) is 16.9 Å². The molecule has 1 amide bonds. The molecule has 1 fully saturated rings. The van der Waals surface area contributed by atoms with Crippen LogP contribution in [0.25, 0.3) is 10.9 Å². The molecule has 0 radical (unpaired) electrons. The number of carbonyl (C=O) groups is 1. The lowest BCUT2D eigenvalue weighted by molar-refractivity contribution is 0.0925. The number of hydrogen-bond acceptors (Lipinski definition) is 1. The highest BCUT2D eigenvalue weighted by Gasteiger charge is 2.33. The highest BCUT2D eigenvalue weighted by molar-refractivity contribution is 6.21. The third-order valence-electron chi connectivity index (χ3n) is 3.95. The average molecular weight is 307 g/mol. The van der Waals surface area contributed by atoms with Crippen molar-refractivity contribution in [2.45, 2.75) is 30.4 Å². The molecule has 110 valence electrons. The van der Waals surface area contributed by atoms with Crippen molar-refractivity contribution in [2.24, 2.45) is 0 Å². The Bertz CT molecular complexity index is 696. The first-order valence-corrected chi connectivity index (χ1v) is 7.32. The molecule has 1 heterocycles. The second-order valence-corrected chi connectivity index (χ2v) is 5.97. The van der Waals surface area contributed by atoms with E-state index in [-0.39, 0.29) is 23.7 Å². The monoisotopic (exact) mass is 306 g/mol. The largest absolute Gasteiger partial charge is 0.360 e. The second-order valence-electron chi connectivity index (χ2n) is 5.41. The molecule has 1 aromatic carbocycles. The van der Waals surface area contributed by atoms with Gasteiger partial charge in [0.05, 0.1) is 10.9 Å². The van der Waals surface area contributed by atoms with Crippen molar-refractivity contribution in [2.75, 3.05) is 0 Å². The summed E-state index contributed by atoms with van der Waals surface area (Å²) in [6, 6.07) is 7.17. The number of amides is 1. The van der Waals surface area contributed by atoms with Crippen molar-refractivity contribution in [3.8, 4) is 0 Å². The first kappa shape index (κ1) is 14.1. The molecule has 0 bridgehead atoms. The van der Waals surface area contributed by atoms with Gasteiger partial charge in [0.2, 0.25) is 0 Å². The van der Waals surface area contributed by atoms with Crippen molar-refractivity contribution in [3.63, 3.8) is 0 Å². The smallest absolute Gasteiger partial charge is 0.253 e. The number of rotatable bonds is 2. The Kier molecular flexibility index (Phi) is 3.72. The summed E-state index contributed by atoms with van der Waals surface area (Å²) in [6.45, 7) is 3.67. The molecule has 0 spiro atoms. The lowest BCUT2D eigenvalue weighted by Gasteiger charge is -2.31. The Balaban J connectivity index is 1.78. The van der Waals surface area contributed by atoms with Crippen LogP contribution in [-0.4, -0.2) is 28.5 Å². The number of aromatic amines is 1. The molecule has 0 saturated heterocycles. The Morgan fingerprint density at radius 1 is 1.43 bits per heavy atom. The number of carbonyl (C=O) groups excluding carboxylic acids is 1. The fourth-order valence-electron chi connectivity index (χ4n) is 2.71. The van der Waals surface area contributed by atoms with E-state index in [1.807, 2.05) is 24.3 Å². The molecular weight excluding hydrogens is 291 g/mol. The predicted molar refractivity (Wildman–Crippen MR) is 82.5 cm³/mol. The molecule has 1 aliphatic rings. The van der Waals surface area contributed by atoms with Crippen LogP contribution in [0.2, 0.25) is 0 Å².